The minimum Gasteiger partial charge on any atom is -0.235 e. The third kappa shape index (κ3) is 3.35. The Labute approximate surface area is 133 Å². The third-order valence-electron chi connectivity index (χ3n) is 4.19. The molecule has 2 aromatic rings. The van der Waals surface area contributed by atoms with Gasteiger partial charge < -0.3 is 0 Å². The standard InChI is InChI=1S/C19H25N3/c1-4-7-11-15-19(6-3,16-12-8-5-2)22-18-14-10-9-13-17(18)20-21-22/h4-6,9-10,13-14H,1-3,7-8,11-12,15-16H2. The number of rotatable bonds is 10. The summed E-state index contributed by atoms with van der Waals surface area (Å²) in [5.41, 5.74) is 1.81. The van der Waals surface area contributed by atoms with Crippen LogP contribution < -0.4 is 0 Å². The van der Waals surface area contributed by atoms with Crippen molar-refractivity contribution in [2.45, 2.75) is 44.1 Å². The van der Waals surface area contributed by atoms with E-state index in [0.29, 0.717) is 0 Å². The van der Waals surface area contributed by atoms with Gasteiger partial charge in [0.2, 0.25) is 0 Å². The molecule has 0 bridgehead atoms. The Hall–Kier alpha value is -2.16. The van der Waals surface area contributed by atoms with Crippen LogP contribution >= 0.6 is 0 Å². The van der Waals surface area contributed by atoms with Crippen LogP contribution in [0.25, 0.3) is 11.0 Å². The van der Waals surface area contributed by atoms with Gasteiger partial charge in [-0.25, -0.2) is 4.68 Å². The lowest BCUT2D eigenvalue weighted by molar-refractivity contribution is 0.279. The van der Waals surface area contributed by atoms with E-state index in [-0.39, 0.29) is 5.54 Å². The molecule has 0 N–H and O–H groups in total. The van der Waals surface area contributed by atoms with E-state index in [1.807, 2.05) is 36.4 Å². The van der Waals surface area contributed by atoms with Crippen LogP contribution in [0.15, 0.2) is 62.2 Å². The van der Waals surface area contributed by atoms with E-state index in [4.69, 9.17) is 0 Å². The SMILES string of the molecule is C=CCCCC(C=C)(CCCC=C)n1nnc2ccccc21. The van der Waals surface area contributed by atoms with Gasteiger partial charge in [-0.15, -0.1) is 24.8 Å². The number of para-hydroxylation sites is 1. The first-order chi connectivity index (χ1) is 10.8. The summed E-state index contributed by atoms with van der Waals surface area (Å²) < 4.78 is 2.06. The fourth-order valence-corrected chi connectivity index (χ4v) is 2.93. The number of aromatic nitrogens is 3. The molecule has 2 rings (SSSR count). The van der Waals surface area contributed by atoms with E-state index in [1.165, 1.54) is 0 Å². The summed E-state index contributed by atoms with van der Waals surface area (Å²) in [6.45, 7) is 11.8. The van der Waals surface area contributed by atoms with Crippen LogP contribution in [0.5, 0.6) is 0 Å². The van der Waals surface area contributed by atoms with E-state index in [2.05, 4.69) is 40.8 Å². The largest absolute Gasteiger partial charge is 0.235 e. The van der Waals surface area contributed by atoms with Crippen LogP contribution in [0, 0.1) is 0 Å². The number of benzene rings is 1. The van der Waals surface area contributed by atoms with Gasteiger partial charge in [0.05, 0.1) is 11.1 Å². The Morgan fingerprint density at radius 3 is 2.23 bits per heavy atom. The van der Waals surface area contributed by atoms with Crippen molar-refractivity contribution >= 4 is 11.0 Å². The molecule has 3 heteroatoms. The van der Waals surface area contributed by atoms with E-state index < -0.39 is 0 Å². The Balaban J connectivity index is 2.38. The van der Waals surface area contributed by atoms with E-state index in [9.17, 15) is 0 Å². The minimum absolute atomic E-state index is 0.192. The van der Waals surface area contributed by atoms with E-state index in [1.54, 1.807) is 0 Å². The molecule has 22 heavy (non-hydrogen) atoms. The van der Waals surface area contributed by atoms with Crippen molar-refractivity contribution in [3.63, 3.8) is 0 Å². The number of hydrogen-bond donors (Lipinski definition) is 0. The molecule has 0 fully saturated rings. The maximum absolute atomic E-state index is 4.44. The van der Waals surface area contributed by atoms with Gasteiger partial charge in [-0.2, -0.15) is 0 Å². The van der Waals surface area contributed by atoms with Crippen molar-refractivity contribution in [3.8, 4) is 0 Å². The second-order valence-electron chi connectivity index (χ2n) is 5.66. The predicted molar refractivity (Wildman–Crippen MR) is 93.8 cm³/mol. The minimum atomic E-state index is -0.192. The van der Waals surface area contributed by atoms with Gasteiger partial charge in [-0.05, 0) is 50.7 Å². The monoisotopic (exact) mass is 295 g/mol. The maximum atomic E-state index is 4.44. The normalized spacial score (nSPS) is 11.5. The second-order valence-corrected chi connectivity index (χ2v) is 5.66. The molecule has 0 aliphatic carbocycles. The van der Waals surface area contributed by atoms with Crippen LogP contribution in [0.3, 0.4) is 0 Å². The fourth-order valence-electron chi connectivity index (χ4n) is 2.93. The highest BCUT2D eigenvalue weighted by atomic mass is 15.5. The molecule has 1 aromatic carbocycles. The molecule has 0 atom stereocenters. The van der Waals surface area contributed by atoms with Gasteiger partial charge in [0.25, 0.3) is 0 Å². The quantitative estimate of drug-likeness (QED) is 0.455. The predicted octanol–water partition coefficient (Wildman–Crippen LogP) is 5.03. The number of allylic oxidation sites excluding steroid dienone is 3. The molecule has 0 saturated heterocycles. The summed E-state index contributed by atoms with van der Waals surface area (Å²) in [7, 11) is 0. The van der Waals surface area contributed by atoms with Crippen LogP contribution in [-0.2, 0) is 5.54 Å². The summed E-state index contributed by atoms with van der Waals surface area (Å²) in [5, 5.41) is 8.75. The van der Waals surface area contributed by atoms with Crippen LogP contribution in [0.2, 0.25) is 0 Å². The lowest BCUT2D eigenvalue weighted by Gasteiger charge is -2.31. The average Bonchev–Trinajstić information content (AvgIpc) is 2.98. The maximum Gasteiger partial charge on any atom is 0.113 e. The molecule has 0 amide bonds. The lowest BCUT2D eigenvalue weighted by Crippen LogP contribution is -2.32. The van der Waals surface area contributed by atoms with Gasteiger partial charge in [-0.1, -0.05) is 35.6 Å². The highest BCUT2D eigenvalue weighted by Gasteiger charge is 2.30. The first-order valence-electron chi connectivity index (χ1n) is 7.94. The molecule has 0 saturated carbocycles. The Morgan fingerprint density at radius 2 is 1.64 bits per heavy atom. The third-order valence-corrected chi connectivity index (χ3v) is 4.19. The van der Waals surface area contributed by atoms with Gasteiger partial charge in [-0.3, -0.25) is 0 Å². The van der Waals surface area contributed by atoms with Crippen molar-refractivity contribution in [1.29, 1.82) is 0 Å². The molecular formula is C19H25N3. The van der Waals surface area contributed by atoms with Crippen molar-refractivity contribution in [2.75, 3.05) is 0 Å². The highest BCUT2D eigenvalue weighted by molar-refractivity contribution is 5.74. The van der Waals surface area contributed by atoms with Crippen LogP contribution in [0.1, 0.15) is 38.5 Å². The zero-order valence-corrected chi connectivity index (χ0v) is 13.2. The smallest absolute Gasteiger partial charge is 0.113 e. The van der Waals surface area contributed by atoms with E-state index >= 15 is 0 Å². The lowest BCUT2D eigenvalue weighted by atomic mass is 9.87. The number of nitrogens with zero attached hydrogens (tertiary/aromatic N) is 3. The summed E-state index contributed by atoms with van der Waals surface area (Å²) in [5.74, 6) is 0. The van der Waals surface area contributed by atoms with Gasteiger partial charge in [0.15, 0.2) is 0 Å². The first-order valence-corrected chi connectivity index (χ1v) is 7.94. The topological polar surface area (TPSA) is 30.7 Å². The summed E-state index contributed by atoms with van der Waals surface area (Å²) >= 11 is 0. The van der Waals surface area contributed by atoms with Gasteiger partial charge >= 0.3 is 0 Å². The van der Waals surface area contributed by atoms with E-state index in [0.717, 1.165) is 49.6 Å². The first kappa shape index (κ1) is 16.2. The van der Waals surface area contributed by atoms with Gasteiger partial charge in [0, 0.05) is 0 Å². The summed E-state index contributed by atoms with van der Waals surface area (Å²) in [6.07, 6.45) is 12.1. The molecule has 0 spiro atoms. The summed E-state index contributed by atoms with van der Waals surface area (Å²) in [4.78, 5) is 0. The Morgan fingerprint density at radius 1 is 1.00 bits per heavy atom. The molecule has 116 valence electrons. The Bertz CT molecular complexity index is 625. The molecule has 0 aliphatic rings. The molecule has 0 aliphatic heterocycles. The van der Waals surface area contributed by atoms with Crippen molar-refractivity contribution < 1.29 is 0 Å². The van der Waals surface area contributed by atoms with Crippen molar-refractivity contribution in [1.82, 2.24) is 15.0 Å². The molecule has 1 heterocycles. The van der Waals surface area contributed by atoms with Crippen molar-refractivity contribution in [3.05, 3.63) is 62.2 Å². The fraction of sp³-hybridized carbons (Fsp3) is 0.368. The average molecular weight is 295 g/mol. The Kier molecular flexibility index (Phi) is 5.70. The molecular weight excluding hydrogens is 270 g/mol. The summed E-state index contributed by atoms with van der Waals surface area (Å²) in [6, 6.07) is 8.10. The highest BCUT2D eigenvalue weighted by Crippen LogP contribution is 2.33. The zero-order chi connectivity index (χ0) is 15.8. The second kappa shape index (κ2) is 7.74. The zero-order valence-electron chi connectivity index (χ0n) is 13.2. The van der Waals surface area contributed by atoms with Crippen molar-refractivity contribution in [2.24, 2.45) is 0 Å². The molecule has 3 nitrogen and oxygen atoms in total. The number of fused-ring (bicyclic) bond motifs is 1. The van der Waals surface area contributed by atoms with Crippen LogP contribution in [0.4, 0.5) is 0 Å². The number of hydrogen-bond acceptors (Lipinski definition) is 2. The number of unbranched alkanes of at least 4 members (excludes halogenated alkanes) is 2. The molecule has 0 unspecified atom stereocenters. The van der Waals surface area contributed by atoms with Crippen LogP contribution in [-0.4, -0.2) is 15.0 Å². The molecule has 1 aromatic heterocycles. The van der Waals surface area contributed by atoms with Gasteiger partial charge in [0.1, 0.15) is 5.52 Å². The molecule has 0 radical (unpaired) electrons.